The summed E-state index contributed by atoms with van der Waals surface area (Å²) in [4.78, 5) is 41.9. The van der Waals surface area contributed by atoms with E-state index in [9.17, 15) is 18.8 Å². The monoisotopic (exact) mass is 455 g/mol. The van der Waals surface area contributed by atoms with Crippen molar-refractivity contribution in [1.82, 2.24) is 0 Å². The second kappa shape index (κ2) is 8.59. The Bertz CT molecular complexity index is 1330. The predicted molar refractivity (Wildman–Crippen MR) is 129 cm³/mol. The highest BCUT2D eigenvalue weighted by molar-refractivity contribution is 6.46. The normalized spacial score (nSPS) is 15.6. The van der Waals surface area contributed by atoms with Crippen LogP contribution in [0, 0.1) is 5.82 Å². The lowest BCUT2D eigenvalue weighted by atomic mass is 9.98. The fourth-order valence-corrected chi connectivity index (χ4v) is 4.54. The third-order valence-electron chi connectivity index (χ3n) is 6.02. The lowest BCUT2D eigenvalue weighted by Crippen LogP contribution is -2.37. The van der Waals surface area contributed by atoms with E-state index in [0.717, 1.165) is 29.0 Å². The Balaban J connectivity index is 1.62. The van der Waals surface area contributed by atoms with Crippen molar-refractivity contribution in [3.8, 4) is 0 Å². The van der Waals surface area contributed by atoms with Gasteiger partial charge in [0.2, 0.25) is 5.91 Å². The van der Waals surface area contributed by atoms with Gasteiger partial charge in [-0.3, -0.25) is 14.4 Å². The zero-order valence-electron chi connectivity index (χ0n) is 18.5. The van der Waals surface area contributed by atoms with Gasteiger partial charge in [0.15, 0.2) is 0 Å². The number of aryl methyl sites for hydroxylation is 1. The highest BCUT2D eigenvalue weighted by Gasteiger charge is 2.43. The van der Waals surface area contributed by atoms with Gasteiger partial charge in [-0.1, -0.05) is 30.3 Å². The van der Waals surface area contributed by atoms with Crippen LogP contribution in [0.3, 0.4) is 0 Å². The Kier molecular flexibility index (Phi) is 5.45. The first-order valence-electron chi connectivity index (χ1n) is 11.1. The summed E-state index contributed by atoms with van der Waals surface area (Å²) in [5.41, 5.74) is 3.97. The minimum Gasteiger partial charge on any atom is -0.336 e. The zero-order chi connectivity index (χ0) is 23.8. The first kappa shape index (κ1) is 21.6. The molecule has 3 aromatic carbocycles. The topological polar surface area (TPSA) is 69.7 Å². The Morgan fingerprint density at radius 2 is 1.62 bits per heavy atom. The smallest absolute Gasteiger partial charge is 0.282 e. The molecule has 0 saturated heterocycles. The molecule has 0 saturated carbocycles. The number of amides is 3. The summed E-state index contributed by atoms with van der Waals surface area (Å²) >= 11 is 0. The quantitative estimate of drug-likeness (QED) is 0.588. The fourth-order valence-electron chi connectivity index (χ4n) is 4.54. The molecule has 0 atom stereocenters. The van der Waals surface area contributed by atoms with Crippen LogP contribution < -0.4 is 15.1 Å². The summed E-state index contributed by atoms with van der Waals surface area (Å²) in [6.45, 7) is 1.99. The van der Waals surface area contributed by atoms with Crippen LogP contribution >= 0.6 is 0 Å². The van der Waals surface area contributed by atoms with E-state index in [1.807, 2.05) is 29.2 Å². The largest absolute Gasteiger partial charge is 0.336 e. The maximum Gasteiger partial charge on any atom is 0.282 e. The number of carbonyl (C=O) groups is 3. The van der Waals surface area contributed by atoms with E-state index < -0.39 is 17.6 Å². The van der Waals surface area contributed by atoms with Crippen LogP contribution in [-0.2, 0) is 20.8 Å². The van der Waals surface area contributed by atoms with Gasteiger partial charge >= 0.3 is 0 Å². The molecule has 2 heterocycles. The molecular weight excluding hydrogens is 433 g/mol. The molecule has 5 rings (SSSR count). The van der Waals surface area contributed by atoms with Gasteiger partial charge in [-0.05, 0) is 66.4 Å². The third kappa shape index (κ3) is 3.75. The standard InChI is InChI=1S/C27H22FN3O3/c1-17(32)29-21-12-14-22(15-13-21)31-26(33)24(19-8-10-20(28)11-9-19)25(27(31)34)30-16-4-6-18-5-2-3-7-23(18)30/h2-3,5,7-15H,4,6,16H2,1H3,(H,29,32). The number of fused-ring (bicyclic) bond motifs is 1. The maximum atomic E-state index is 13.8. The van der Waals surface area contributed by atoms with Crippen molar-refractivity contribution >= 4 is 40.4 Å². The van der Waals surface area contributed by atoms with E-state index in [1.165, 1.54) is 31.2 Å². The summed E-state index contributed by atoms with van der Waals surface area (Å²) < 4.78 is 13.6. The molecule has 3 amide bonds. The van der Waals surface area contributed by atoms with E-state index >= 15 is 0 Å². The van der Waals surface area contributed by atoms with Gasteiger partial charge in [-0.15, -0.1) is 0 Å². The van der Waals surface area contributed by atoms with E-state index in [2.05, 4.69) is 5.32 Å². The third-order valence-corrected chi connectivity index (χ3v) is 6.02. The number of para-hydroxylation sites is 1. The summed E-state index contributed by atoms with van der Waals surface area (Å²) in [6, 6.07) is 20.0. The van der Waals surface area contributed by atoms with Crippen molar-refractivity contribution in [1.29, 1.82) is 0 Å². The molecule has 0 spiro atoms. The van der Waals surface area contributed by atoms with Crippen molar-refractivity contribution in [2.75, 3.05) is 21.7 Å². The van der Waals surface area contributed by atoms with Crippen LogP contribution in [0.15, 0.2) is 78.5 Å². The highest BCUT2D eigenvalue weighted by Crippen LogP contribution is 2.39. The van der Waals surface area contributed by atoms with E-state index in [4.69, 9.17) is 0 Å². The van der Waals surface area contributed by atoms with E-state index in [-0.39, 0.29) is 17.2 Å². The average molecular weight is 455 g/mol. The lowest BCUT2D eigenvalue weighted by molar-refractivity contribution is -0.120. The zero-order valence-corrected chi connectivity index (χ0v) is 18.5. The molecule has 0 aliphatic carbocycles. The number of halogens is 1. The molecule has 0 aromatic heterocycles. The maximum absolute atomic E-state index is 13.8. The van der Waals surface area contributed by atoms with Gasteiger partial charge in [0.25, 0.3) is 11.8 Å². The second-order valence-corrected chi connectivity index (χ2v) is 8.29. The Morgan fingerprint density at radius 3 is 2.32 bits per heavy atom. The first-order chi connectivity index (χ1) is 16.4. The molecule has 0 fully saturated rings. The van der Waals surface area contributed by atoms with Crippen molar-refractivity contribution < 1.29 is 18.8 Å². The molecule has 170 valence electrons. The molecule has 6 nitrogen and oxygen atoms in total. The van der Waals surface area contributed by atoms with Crippen LogP contribution in [0.25, 0.3) is 5.57 Å². The molecule has 0 bridgehead atoms. The Morgan fingerprint density at radius 1 is 0.912 bits per heavy atom. The summed E-state index contributed by atoms with van der Waals surface area (Å²) in [6.07, 6.45) is 1.73. The number of benzene rings is 3. The van der Waals surface area contributed by atoms with Crippen LogP contribution in [0.4, 0.5) is 21.5 Å². The number of carbonyl (C=O) groups excluding carboxylic acids is 3. The number of hydrogen-bond acceptors (Lipinski definition) is 4. The molecule has 2 aliphatic rings. The highest BCUT2D eigenvalue weighted by atomic mass is 19.1. The number of rotatable bonds is 4. The Hall–Kier alpha value is -4.26. The van der Waals surface area contributed by atoms with Crippen molar-refractivity contribution in [3.63, 3.8) is 0 Å². The van der Waals surface area contributed by atoms with Crippen molar-refractivity contribution in [2.24, 2.45) is 0 Å². The van der Waals surface area contributed by atoms with Crippen LogP contribution in [0.1, 0.15) is 24.5 Å². The van der Waals surface area contributed by atoms with Gasteiger partial charge < -0.3 is 10.2 Å². The molecule has 0 radical (unpaired) electrons. The lowest BCUT2D eigenvalue weighted by Gasteiger charge is -2.32. The molecule has 7 heteroatoms. The number of nitrogens with zero attached hydrogens (tertiary/aromatic N) is 2. The number of hydrogen-bond donors (Lipinski definition) is 1. The number of imide groups is 1. The first-order valence-corrected chi connectivity index (χ1v) is 11.1. The van der Waals surface area contributed by atoms with Crippen molar-refractivity contribution in [2.45, 2.75) is 19.8 Å². The molecular formula is C27H22FN3O3. The van der Waals surface area contributed by atoms with Crippen LogP contribution in [0.5, 0.6) is 0 Å². The SMILES string of the molecule is CC(=O)Nc1ccc(N2C(=O)C(c3ccc(F)cc3)=C(N3CCCc4ccccc43)C2=O)cc1. The van der Waals surface area contributed by atoms with Gasteiger partial charge in [0, 0.05) is 24.8 Å². The van der Waals surface area contributed by atoms with Gasteiger partial charge in [-0.2, -0.15) is 0 Å². The summed E-state index contributed by atoms with van der Waals surface area (Å²) in [5, 5.41) is 2.67. The van der Waals surface area contributed by atoms with E-state index in [0.29, 0.717) is 23.5 Å². The molecule has 3 aromatic rings. The van der Waals surface area contributed by atoms with Crippen molar-refractivity contribution in [3.05, 3.63) is 95.4 Å². The van der Waals surface area contributed by atoms with Crippen LogP contribution in [-0.4, -0.2) is 24.3 Å². The predicted octanol–water partition coefficient (Wildman–Crippen LogP) is 4.52. The number of anilines is 3. The van der Waals surface area contributed by atoms with Gasteiger partial charge in [-0.25, -0.2) is 9.29 Å². The minimum absolute atomic E-state index is 0.215. The Labute approximate surface area is 196 Å². The summed E-state index contributed by atoms with van der Waals surface area (Å²) in [7, 11) is 0. The van der Waals surface area contributed by atoms with Gasteiger partial charge in [0.1, 0.15) is 11.5 Å². The van der Waals surface area contributed by atoms with Crippen LogP contribution in [0.2, 0.25) is 0 Å². The molecule has 0 unspecified atom stereocenters. The van der Waals surface area contributed by atoms with Gasteiger partial charge in [0.05, 0.1) is 11.3 Å². The molecule has 34 heavy (non-hydrogen) atoms. The van der Waals surface area contributed by atoms with E-state index in [1.54, 1.807) is 24.3 Å². The minimum atomic E-state index is -0.470. The second-order valence-electron chi connectivity index (χ2n) is 8.29. The molecule has 1 N–H and O–H groups in total. The summed E-state index contributed by atoms with van der Waals surface area (Å²) in [5.74, 6) is -1.54. The average Bonchev–Trinajstić information content (AvgIpc) is 3.09. The molecule has 2 aliphatic heterocycles. The fraction of sp³-hybridized carbons (Fsp3) is 0.148. The number of nitrogens with one attached hydrogen (secondary N) is 1.